The first-order valence-electron chi connectivity index (χ1n) is 5.14. The lowest BCUT2D eigenvalue weighted by Gasteiger charge is -2.07. The molecule has 0 spiro atoms. The van der Waals surface area contributed by atoms with Gasteiger partial charge in [-0.25, -0.2) is 4.98 Å². The molecule has 0 aliphatic heterocycles. The number of aromatic nitrogens is 1. The fourth-order valence-corrected chi connectivity index (χ4v) is 2.01. The fraction of sp³-hybridized carbons (Fsp3) is 0.308. The second-order valence-corrected chi connectivity index (χ2v) is 4.81. The van der Waals surface area contributed by atoms with Crippen molar-refractivity contribution in [2.24, 2.45) is 0 Å². The van der Waals surface area contributed by atoms with E-state index in [1.807, 2.05) is 6.20 Å². The van der Waals surface area contributed by atoms with Crippen LogP contribution >= 0.6 is 11.8 Å². The first kappa shape index (κ1) is 10.5. The Labute approximate surface area is 94.9 Å². The highest BCUT2D eigenvalue weighted by Crippen LogP contribution is 2.23. The molecular weight excluding hydrogens is 202 g/mol. The lowest BCUT2D eigenvalue weighted by molar-refractivity contribution is 0.868. The summed E-state index contributed by atoms with van der Waals surface area (Å²) in [6.45, 7) is 4.44. The van der Waals surface area contributed by atoms with Crippen LogP contribution in [0.5, 0.6) is 0 Å². The number of thioether (sulfide) groups is 1. The largest absolute Gasteiger partial charge is 0.249 e. The maximum atomic E-state index is 4.36. The lowest BCUT2D eigenvalue weighted by atomic mass is 10.0. The maximum absolute atomic E-state index is 4.36. The van der Waals surface area contributed by atoms with Gasteiger partial charge in [0, 0.05) is 11.6 Å². The molecule has 15 heavy (non-hydrogen) atoms. The molecule has 0 saturated carbocycles. The summed E-state index contributed by atoms with van der Waals surface area (Å²) in [6.07, 6.45) is 4.01. The van der Waals surface area contributed by atoms with Gasteiger partial charge in [-0.3, -0.25) is 0 Å². The van der Waals surface area contributed by atoms with Gasteiger partial charge in [-0.15, -0.1) is 11.8 Å². The van der Waals surface area contributed by atoms with Crippen LogP contribution in [0.1, 0.15) is 25.3 Å². The molecule has 1 aromatic carbocycles. The standard InChI is InChI=1S/C13H15NS/c1-9(2)10-4-5-11-8-14-13(15-3)7-12(11)6-10/h4-9H,1-3H3. The summed E-state index contributed by atoms with van der Waals surface area (Å²) >= 11 is 1.69. The third-order valence-electron chi connectivity index (χ3n) is 2.60. The zero-order valence-corrected chi connectivity index (χ0v) is 10.1. The molecule has 2 heteroatoms. The number of pyridine rings is 1. The van der Waals surface area contributed by atoms with E-state index in [0.29, 0.717) is 5.92 Å². The highest BCUT2D eigenvalue weighted by atomic mass is 32.2. The monoisotopic (exact) mass is 217 g/mol. The summed E-state index contributed by atoms with van der Waals surface area (Å²) in [5.74, 6) is 0.584. The van der Waals surface area contributed by atoms with Gasteiger partial charge in [-0.2, -0.15) is 0 Å². The van der Waals surface area contributed by atoms with E-state index in [1.54, 1.807) is 11.8 Å². The summed E-state index contributed by atoms with van der Waals surface area (Å²) in [5, 5.41) is 3.60. The van der Waals surface area contributed by atoms with Crippen molar-refractivity contribution < 1.29 is 0 Å². The fourth-order valence-electron chi connectivity index (χ4n) is 1.61. The van der Waals surface area contributed by atoms with Crippen LogP contribution < -0.4 is 0 Å². The second-order valence-electron chi connectivity index (χ2n) is 3.99. The number of rotatable bonds is 2. The van der Waals surface area contributed by atoms with Crippen LogP contribution in [0.3, 0.4) is 0 Å². The molecule has 0 fully saturated rings. The highest BCUT2D eigenvalue weighted by Gasteiger charge is 2.01. The first-order valence-corrected chi connectivity index (χ1v) is 6.37. The van der Waals surface area contributed by atoms with E-state index in [2.05, 4.69) is 49.4 Å². The van der Waals surface area contributed by atoms with Crippen molar-refractivity contribution in [2.45, 2.75) is 24.8 Å². The van der Waals surface area contributed by atoms with Gasteiger partial charge in [0.05, 0.1) is 5.03 Å². The molecule has 1 heterocycles. The van der Waals surface area contributed by atoms with Crippen LogP contribution in [0.2, 0.25) is 0 Å². The van der Waals surface area contributed by atoms with E-state index in [-0.39, 0.29) is 0 Å². The number of benzene rings is 1. The summed E-state index contributed by atoms with van der Waals surface area (Å²) in [6, 6.07) is 8.77. The van der Waals surface area contributed by atoms with E-state index < -0.39 is 0 Å². The molecule has 0 aliphatic carbocycles. The average molecular weight is 217 g/mol. The molecule has 0 unspecified atom stereocenters. The summed E-state index contributed by atoms with van der Waals surface area (Å²) < 4.78 is 0. The van der Waals surface area contributed by atoms with E-state index >= 15 is 0 Å². The van der Waals surface area contributed by atoms with E-state index in [4.69, 9.17) is 0 Å². The zero-order chi connectivity index (χ0) is 10.8. The van der Waals surface area contributed by atoms with Gasteiger partial charge in [0.1, 0.15) is 0 Å². The third-order valence-corrected chi connectivity index (χ3v) is 3.24. The summed E-state index contributed by atoms with van der Waals surface area (Å²) in [7, 11) is 0. The molecule has 1 aromatic heterocycles. The molecule has 0 aliphatic rings. The Bertz CT molecular complexity index is 477. The average Bonchev–Trinajstić information content (AvgIpc) is 2.27. The third kappa shape index (κ3) is 2.15. The summed E-state index contributed by atoms with van der Waals surface area (Å²) in [4.78, 5) is 4.36. The minimum absolute atomic E-state index is 0.584. The van der Waals surface area contributed by atoms with Gasteiger partial charge in [0.15, 0.2) is 0 Å². The van der Waals surface area contributed by atoms with Crippen LogP contribution in [-0.2, 0) is 0 Å². The summed E-state index contributed by atoms with van der Waals surface area (Å²) in [5.41, 5.74) is 1.39. The molecule has 0 bridgehead atoms. The Hall–Kier alpha value is -1.02. The molecular formula is C13H15NS. The lowest BCUT2D eigenvalue weighted by Crippen LogP contribution is -1.87. The minimum atomic E-state index is 0.584. The number of nitrogens with zero attached hydrogens (tertiary/aromatic N) is 1. The van der Waals surface area contributed by atoms with Crippen LogP contribution in [-0.4, -0.2) is 11.2 Å². The van der Waals surface area contributed by atoms with Crippen LogP contribution in [0.15, 0.2) is 35.5 Å². The van der Waals surface area contributed by atoms with Crippen LogP contribution in [0.25, 0.3) is 10.8 Å². The van der Waals surface area contributed by atoms with E-state index in [1.165, 1.54) is 16.3 Å². The number of hydrogen-bond acceptors (Lipinski definition) is 2. The Morgan fingerprint density at radius 3 is 2.60 bits per heavy atom. The topological polar surface area (TPSA) is 12.9 Å². The van der Waals surface area contributed by atoms with Crippen molar-refractivity contribution in [2.75, 3.05) is 6.26 Å². The normalized spacial score (nSPS) is 11.2. The van der Waals surface area contributed by atoms with Crippen molar-refractivity contribution in [1.29, 1.82) is 0 Å². The van der Waals surface area contributed by atoms with E-state index in [0.717, 1.165) is 5.03 Å². The number of hydrogen-bond donors (Lipinski definition) is 0. The SMILES string of the molecule is CSc1cc2cc(C(C)C)ccc2cn1. The van der Waals surface area contributed by atoms with Crippen molar-refractivity contribution in [1.82, 2.24) is 4.98 Å². The van der Waals surface area contributed by atoms with Gasteiger partial charge in [-0.1, -0.05) is 32.0 Å². The minimum Gasteiger partial charge on any atom is -0.249 e. The highest BCUT2D eigenvalue weighted by molar-refractivity contribution is 7.98. The van der Waals surface area contributed by atoms with Crippen molar-refractivity contribution in [3.05, 3.63) is 36.0 Å². The zero-order valence-electron chi connectivity index (χ0n) is 9.32. The van der Waals surface area contributed by atoms with Gasteiger partial charge in [0.2, 0.25) is 0 Å². The Kier molecular flexibility index (Phi) is 2.96. The smallest absolute Gasteiger partial charge is 0.0963 e. The molecule has 2 rings (SSSR count). The first-order chi connectivity index (χ1) is 7.20. The molecule has 0 amide bonds. The predicted octanol–water partition coefficient (Wildman–Crippen LogP) is 4.08. The molecule has 78 valence electrons. The second kappa shape index (κ2) is 4.23. The number of fused-ring (bicyclic) bond motifs is 1. The molecule has 2 aromatic rings. The van der Waals surface area contributed by atoms with Gasteiger partial charge in [-0.05, 0) is 29.2 Å². The Balaban J connectivity index is 2.57. The molecule has 0 saturated heterocycles. The van der Waals surface area contributed by atoms with Crippen molar-refractivity contribution >= 4 is 22.5 Å². The van der Waals surface area contributed by atoms with Crippen LogP contribution in [0, 0.1) is 0 Å². The molecule has 0 radical (unpaired) electrons. The Morgan fingerprint density at radius 1 is 1.13 bits per heavy atom. The van der Waals surface area contributed by atoms with Crippen molar-refractivity contribution in [3.63, 3.8) is 0 Å². The molecule has 0 atom stereocenters. The van der Waals surface area contributed by atoms with Gasteiger partial charge in [0.25, 0.3) is 0 Å². The van der Waals surface area contributed by atoms with Crippen LogP contribution in [0.4, 0.5) is 0 Å². The van der Waals surface area contributed by atoms with Crippen molar-refractivity contribution in [3.8, 4) is 0 Å². The Morgan fingerprint density at radius 2 is 1.93 bits per heavy atom. The quantitative estimate of drug-likeness (QED) is 0.703. The van der Waals surface area contributed by atoms with Gasteiger partial charge >= 0.3 is 0 Å². The molecule has 1 nitrogen and oxygen atoms in total. The van der Waals surface area contributed by atoms with Gasteiger partial charge < -0.3 is 0 Å². The maximum Gasteiger partial charge on any atom is 0.0963 e. The molecule has 0 N–H and O–H groups in total. The predicted molar refractivity (Wildman–Crippen MR) is 67.6 cm³/mol. The van der Waals surface area contributed by atoms with E-state index in [9.17, 15) is 0 Å².